The molecule has 1 aromatic carbocycles. The number of H-pyrrole nitrogens is 1. The molecule has 0 radical (unpaired) electrons. The Kier molecular flexibility index (Phi) is 6.12. The lowest BCUT2D eigenvalue weighted by Crippen LogP contribution is -2.36. The highest BCUT2D eigenvalue weighted by Gasteiger charge is 2.22. The summed E-state index contributed by atoms with van der Waals surface area (Å²) < 4.78 is 15.6. The van der Waals surface area contributed by atoms with Gasteiger partial charge in [0.25, 0.3) is 5.91 Å². The number of para-hydroxylation sites is 2. The molecule has 4 aromatic rings. The van der Waals surface area contributed by atoms with E-state index < -0.39 is 5.82 Å². The van der Waals surface area contributed by atoms with Gasteiger partial charge in [0.05, 0.1) is 41.1 Å². The third kappa shape index (κ3) is 4.93. The molecule has 1 fully saturated rings. The lowest BCUT2D eigenvalue weighted by Gasteiger charge is -2.31. The number of aromatic amines is 1. The molecule has 0 atom stereocenters. The van der Waals surface area contributed by atoms with Crippen LogP contribution in [-0.2, 0) is 13.0 Å². The van der Waals surface area contributed by atoms with Crippen LogP contribution >= 0.6 is 0 Å². The average Bonchev–Trinajstić information content (AvgIpc) is 3.50. The Labute approximate surface area is 190 Å². The Balaban J connectivity index is 1.10. The molecular formula is C24H26FN7O. The molecule has 1 aliphatic rings. The Hall–Kier alpha value is -3.59. The van der Waals surface area contributed by atoms with E-state index in [-0.39, 0.29) is 24.2 Å². The van der Waals surface area contributed by atoms with Crippen molar-refractivity contribution in [3.63, 3.8) is 0 Å². The maximum Gasteiger partial charge on any atom is 0.254 e. The monoisotopic (exact) mass is 447 g/mol. The standard InChI is InChI=1S/C24H26FN7O/c25-19-4-3-10-26-22(19)15-27-24(33)17-14-28-32(16-17)18-7-11-31(12-8-18)13-9-23-29-20-5-1-2-6-21(20)30-23/h1-6,10,14,16,18H,7-9,11-13,15H2,(H,27,33)(H,29,30). The summed E-state index contributed by atoms with van der Waals surface area (Å²) in [5.74, 6) is 0.307. The second-order valence-electron chi connectivity index (χ2n) is 8.35. The molecule has 0 saturated carbocycles. The van der Waals surface area contributed by atoms with Crippen LogP contribution in [0.4, 0.5) is 4.39 Å². The number of carbonyl (C=O) groups is 1. The Morgan fingerprint density at radius 3 is 2.85 bits per heavy atom. The van der Waals surface area contributed by atoms with Crippen molar-refractivity contribution in [1.82, 2.24) is 34.9 Å². The number of benzene rings is 1. The maximum absolute atomic E-state index is 13.7. The predicted molar refractivity (Wildman–Crippen MR) is 122 cm³/mol. The Morgan fingerprint density at radius 1 is 1.18 bits per heavy atom. The first-order chi connectivity index (χ1) is 16.2. The molecule has 0 bridgehead atoms. The largest absolute Gasteiger partial charge is 0.346 e. The van der Waals surface area contributed by atoms with Crippen molar-refractivity contribution >= 4 is 16.9 Å². The van der Waals surface area contributed by atoms with Crippen LogP contribution in [0.5, 0.6) is 0 Å². The second-order valence-corrected chi connectivity index (χ2v) is 8.35. The fourth-order valence-corrected chi connectivity index (χ4v) is 4.27. The highest BCUT2D eigenvalue weighted by Crippen LogP contribution is 2.22. The van der Waals surface area contributed by atoms with Crippen molar-refractivity contribution in [3.8, 4) is 0 Å². The van der Waals surface area contributed by atoms with Gasteiger partial charge in [0, 0.05) is 38.4 Å². The first-order valence-corrected chi connectivity index (χ1v) is 11.2. The molecular weight excluding hydrogens is 421 g/mol. The number of rotatable bonds is 7. The number of fused-ring (bicyclic) bond motifs is 1. The zero-order valence-electron chi connectivity index (χ0n) is 18.2. The van der Waals surface area contributed by atoms with E-state index in [1.165, 1.54) is 18.3 Å². The minimum atomic E-state index is -0.430. The van der Waals surface area contributed by atoms with E-state index in [2.05, 4.69) is 30.3 Å². The van der Waals surface area contributed by atoms with Crippen LogP contribution in [0.2, 0.25) is 0 Å². The topological polar surface area (TPSA) is 91.7 Å². The van der Waals surface area contributed by atoms with Gasteiger partial charge in [-0.05, 0) is 37.1 Å². The van der Waals surface area contributed by atoms with Gasteiger partial charge in [-0.1, -0.05) is 12.1 Å². The molecule has 0 spiro atoms. The fraction of sp³-hybridized carbons (Fsp3) is 0.333. The number of likely N-dealkylation sites (tertiary alicyclic amines) is 1. The summed E-state index contributed by atoms with van der Waals surface area (Å²) in [6, 6.07) is 11.2. The highest BCUT2D eigenvalue weighted by atomic mass is 19.1. The minimum Gasteiger partial charge on any atom is -0.346 e. The number of halogens is 1. The van der Waals surface area contributed by atoms with E-state index >= 15 is 0 Å². The van der Waals surface area contributed by atoms with E-state index in [0.29, 0.717) is 5.56 Å². The molecule has 2 N–H and O–H groups in total. The predicted octanol–water partition coefficient (Wildman–Crippen LogP) is 3.10. The molecule has 5 rings (SSSR count). The molecule has 1 amide bonds. The fourth-order valence-electron chi connectivity index (χ4n) is 4.27. The number of nitrogens with one attached hydrogen (secondary N) is 2. The van der Waals surface area contributed by atoms with Crippen LogP contribution in [0, 0.1) is 5.82 Å². The number of piperidine rings is 1. The van der Waals surface area contributed by atoms with Crippen LogP contribution in [0.3, 0.4) is 0 Å². The summed E-state index contributed by atoms with van der Waals surface area (Å²) >= 11 is 0. The summed E-state index contributed by atoms with van der Waals surface area (Å²) in [6.07, 6.45) is 7.69. The zero-order chi connectivity index (χ0) is 22.6. The number of nitrogens with zero attached hydrogens (tertiary/aromatic N) is 5. The molecule has 170 valence electrons. The molecule has 0 unspecified atom stereocenters. The second kappa shape index (κ2) is 9.50. The smallest absolute Gasteiger partial charge is 0.254 e. The number of imidazole rings is 1. The van der Waals surface area contributed by atoms with E-state index in [0.717, 1.165) is 55.8 Å². The van der Waals surface area contributed by atoms with Gasteiger partial charge in [-0.3, -0.25) is 14.5 Å². The highest BCUT2D eigenvalue weighted by molar-refractivity contribution is 5.93. The number of carbonyl (C=O) groups excluding carboxylic acids is 1. The first-order valence-electron chi connectivity index (χ1n) is 11.2. The van der Waals surface area contributed by atoms with Gasteiger partial charge in [0.2, 0.25) is 0 Å². The summed E-state index contributed by atoms with van der Waals surface area (Å²) in [5, 5.41) is 7.12. The van der Waals surface area contributed by atoms with Gasteiger partial charge >= 0.3 is 0 Å². The van der Waals surface area contributed by atoms with Crippen LogP contribution in [0.25, 0.3) is 11.0 Å². The number of hydrogen-bond donors (Lipinski definition) is 2. The summed E-state index contributed by atoms with van der Waals surface area (Å²) in [7, 11) is 0. The molecule has 8 nitrogen and oxygen atoms in total. The van der Waals surface area contributed by atoms with Gasteiger partial charge in [-0.2, -0.15) is 5.10 Å². The molecule has 0 aliphatic carbocycles. The average molecular weight is 448 g/mol. The molecule has 1 saturated heterocycles. The van der Waals surface area contributed by atoms with Crippen molar-refractivity contribution in [2.75, 3.05) is 19.6 Å². The zero-order valence-corrected chi connectivity index (χ0v) is 18.2. The summed E-state index contributed by atoms with van der Waals surface area (Å²) in [4.78, 5) is 26.9. The van der Waals surface area contributed by atoms with Crippen molar-refractivity contribution in [2.24, 2.45) is 0 Å². The van der Waals surface area contributed by atoms with Crippen molar-refractivity contribution < 1.29 is 9.18 Å². The maximum atomic E-state index is 13.7. The number of pyridine rings is 1. The number of amides is 1. The van der Waals surface area contributed by atoms with Crippen LogP contribution in [0.15, 0.2) is 55.0 Å². The first kappa shape index (κ1) is 21.3. The molecule has 4 heterocycles. The molecule has 3 aromatic heterocycles. The van der Waals surface area contributed by atoms with E-state index in [1.54, 1.807) is 12.4 Å². The Morgan fingerprint density at radius 2 is 2.03 bits per heavy atom. The normalized spacial score (nSPS) is 15.2. The third-order valence-corrected chi connectivity index (χ3v) is 6.15. The third-order valence-electron chi connectivity index (χ3n) is 6.15. The van der Waals surface area contributed by atoms with E-state index in [4.69, 9.17) is 0 Å². The van der Waals surface area contributed by atoms with Gasteiger partial charge in [-0.25, -0.2) is 9.37 Å². The van der Waals surface area contributed by atoms with Crippen molar-refractivity contribution in [1.29, 1.82) is 0 Å². The van der Waals surface area contributed by atoms with Gasteiger partial charge in [-0.15, -0.1) is 0 Å². The van der Waals surface area contributed by atoms with Crippen LogP contribution < -0.4 is 5.32 Å². The molecule has 9 heteroatoms. The summed E-state index contributed by atoms with van der Waals surface area (Å²) in [6.45, 7) is 2.96. The number of hydrogen-bond acceptors (Lipinski definition) is 5. The lowest BCUT2D eigenvalue weighted by molar-refractivity contribution is 0.0949. The van der Waals surface area contributed by atoms with Gasteiger partial charge in [0.1, 0.15) is 11.6 Å². The van der Waals surface area contributed by atoms with E-state index in [1.807, 2.05) is 28.9 Å². The van der Waals surface area contributed by atoms with Gasteiger partial charge < -0.3 is 15.2 Å². The Bertz CT molecular complexity index is 1210. The number of aromatic nitrogens is 5. The van der Waals surface area contributed by atoms with E-state index in [9.17, 15) is 9.18 Å². The quantitative estimate of drug-likeness (QED) is 0.454. The van der Waals surface area contributed by atoms with Crippen LogP contribution in [-0.4, -0.2) is 55.2 Å². The van der Waals surface area contributed by atoms with Crippen LogP contribution in [0.1, 0.15) is 40.8 Å². The molecule has 1 aliphatic heterocycles. The minimum absolute atomic E-state index is 0.0420. The molecule has 33 heavy (non-hydrogen) atoms. The van der Waals surface area contributed by atoms with Crippen molar-refractivity contribution in [2.45, 2.75) is 31.8 Å². The SMILES string of the molecule is O=C(NCc1ncccc1F)c1cnn(C2CCN(CCc3nc4ccccc4[nH]3)CC2)c1. The summed E-state index contributed by atoms with van der Waals surface area (Å²) in [5.41, 5.74) is 2.77. The van der Waals surface area contributed by atoms with Crippen molar-refractivity contribution in [3.05, 3.63) is 77.9 Å². The lowest BCUT2D eigenvalue weighted by atomic mass is 10.1. The van der Waals surface area contributed by atoms with Gasteiger partial charge in [0.15, 0.2) is 0 Å².